The van der Waals surface area contributed by atoms with Crippen LogP contribution in [0.25, 0.3) is 0 Å². The van der Waals surface area contributed by atoms with E-state index < -0.39 is 0 Å². The van der Waals surface area contributed by atoms with Gasteiger partial charge < -0.3 is 5.32 Å². The normalized spacial score (nSPS) is 10.4. The first-order chi connectivity index (χ1) is 7.63. The molecule has 0 amide bonds. The number of anilines is 1. The molecule has 2 rings (SSSR count). The molecule has 0 aliphatic rings. The lowest BCUT2D eigenvalue weighted by atomic mass is 10.3. The van der Waals surface area contributed by atoms with Gasteiger partial charge in [0.1, 0.15) is 5.82 Å². The quantitative estimate of drug-likeness (QED) is 0.847. The summed E-state index contributed by atoms with van der Waals surface area (Å²) in [6.07, 6.45) is 0. The van der Waals surface area contributed by atoms with Crippen molar-refractivity contribution in [3.63, 3.8) is 0 Å². The van der Waals surface area contributed by atoms with Crippen molar-refractivity contribution in [2.45, 2.75) is 6.54 Å². The highest BCUT2D eigenvalue weighted by molar-refractivity contribution is 9.11. The van der Waals surface area contributed by atoms with Crippen LogP contribution in [0.3, 0.4) is 0 Å². The number of hydrogen-bond acceptors (Lipinski definition) is 2. The van der Waals surface area contributed by atoms with Gasteiger partial charge in [0.25, 0.3) is 0 Å². The maximum atomic E-state index is 13.0. The van der Waals surface area contributed by atoms with E-state index in [0.717, 1.165) is 9.35 Å². The first kappa shape index (κ1) is 11.9. The molecule has 0 spiro atoms. The highest BCUT2D eigenvalue weighted by atomic mass is 79.9. The first-order valence-corrected chi connectivity index (χ1v) is 6.61. The van der Waals surface area contributed by atoms with E-state index in [1.807, 2.05) is 11.4 Å². The lowest BCUT2D eigenvalue weighted by molar-refractivity contribution is 0.628. The molecule has 1 nitrogen and oxygen atoms in total. The van der Waals surface area contributed by atoms with Crippen LogP contribution in [0.1, 0.15) is 5.56 Å². The van der Waals surface area contributed by atoms with E-state index in [0.29, 0.717) is 17.3 Å². The van der Waals surface area contributed by atoms with Crippen LogP contribution in [0.4, 0.5) is 10.1 Å². The summed E-state index contributed by atoms with van der Waals surface area (Å²) >= 11 is 10.8. The third-order valence-electron chi connectivity index (χ3n) is 1.98. The van der Waals surface area contributed by atoms with Gasteiger partial charge in [0, 0.05) is 17.3 Å². The number of hydrogen-bond donors (Lipinski definition) is 1. The maximum Gasteiger partial charge on any atom is 0.126 e. The van der Waals surface area contributed by atoms with Crippen molar-refractivity contribution in [3.8, 4) is 0 Å². The van der Waals surface area contributed by atoms with Gasteiger partial charge in [0.15, 0.2) is 0 Å². The number of benzene rings is 1. The van der Waals surface area contributed by atoms with E-state index in [9.17, 15) is 4.39 Å². The third kappa shape index (κ3) is 3.20. The van der Waals surface area contributed by atoms with Crippen LogP contribution in [0, 0.1) is 5.82 Å². The van der Waals surface area contributed by atoms with Crippen LogP contribution in [0.15, 0.2) is 33.4 Å². The molecule has 0 unspecified atom stereocenters. The molecular formula is C11H8BrClFNS. The summed E-state index contributed by atoms with van der Waals surface area (Å²) in [5.41, 5.74) is 1.84. The van der Waals surface area contributed by atoms with Crippen molar-refractivity contribution in [2.24, 2.45) is 0 Å². The molecule has 1 aromatic heterocycles. The van der Waals surface area contributed by atoms with Crippen LogP contribution in [0.5, 0.6) is 0 Å². The Morgan fingerprint density at radius 2 is 2.12 bits per heavy atom. The standard InChI is InChI=1S/C11H8BrClFNS/c12-11-1-7(6-16-11)5-15-10-3-8(13)2-9(14)4-10/h1-4,6,15H,5H2. The summed E-state index contributed by atoms with van der Waals surface area (Å²) in [6.45, 7) is 0.655. The smallest absolute Gasteiger partial charge is 0.126 e. The molecule has 1 aromatic carbocycles. The molecule has 16 heavy (non-hydrogen) atoms. The molecule has 0 radical (unpaired) electrons. The molecule has 0 aliphatic heterocycles. The van der Waals surface area contributed by atoms with E-state index in [1.165, 1.54) is 12.1 Å². The van der Waals surface area contributed by atoms with Crippen LogP contribution in [-0.4, -0.2) is 0 Å². The third-order valence-corrected chi connectivity index (χ3v) is 3.75. The Morgan fingerprint density at radius 3 is 2.75 bits per heavy atom. The number of rotatable bonds is 3. The second-order valence-corrected chi connectivity index (χ2v) is 6.00. The minimum absolute atomic E-state index is 0.332. The van der Waals surface area contributed by atoms with Crippen LogP contribution in [-0.2, 0) is 6.54 Å². The zero-order chi connectivity index (χ0) is 11.5. The van der Waals surface area contributed by atoms with Gasteiger partial charge in [-0.15, -0.1) is 11.3 Å². The van der Waals surface area contributed by atoms with E-state index in [1.54, 1.807) is 17.4 Å². The summed E-state index contributed by atoms with van der Waals surface area (Å²) in [5.74, 6) is -0.332. The van der Waals surface area contributed by atoms with Crippen molar-refractivity contribution in [2.75, 3.05) is 5.32 Å². The second kappa shape index (κ2) is 5.17. The summed E-state index contributed by atoms with van der Waals surface area (Å²) < 4.78 is 14.1. The summed E-state index contributed by atoms with van der Waals surface area (Å²) in [5, 5.41) is 5.55. The molecule has 1 heterocycles. The molecule has 0 bridgehead atoms. The topological polar surface area (TPSA) is 12.0 Å². The van der Waals surface area contributed by atoms with Crippen LogP contribution >= 0.6 is 38.9 Å². The highest BCUT2D eigenvalue weighted by Crippen LogP contribution is 2.22. The Labute approximate surface area is 110 Å². The molecule has 5 heteroatoms. The predicted octanol–water partition coefficient (Wildman–Crippen LogP) is 4.92. The van der Waals surface area contributed by atoms with Gasteiger partial charge in [-0.25, -0.2) is 4.39 Å². The molecular weight excluding hydrogens is 313 g/mol. The highest BCUT2D eigenvalue weighted by Gasteiger charge is 2.00. The fourth-order valence-electron chi connectivity index (χ4n) is 1.30. The van der Waals surface area contributed by atoms with Crippen molar-refractivity contribution in [3.05, 3.63) is 49.8 Å². The molecule has 0 saturated heterocycles. The van der Waals surface area contributed by atoms with Crippen LogP contribution in [0.2, 0.25) is 5.02 Å². The van der Waals surface area contributed by atoms with Crippen molar-refractivity contribution in [1.82, 2.24) is 0 Å². The van der Waals surface area contributed by atoms with Crippen molar-refractivity contribution in [1.29, 1.82) is 0 Å². The Bertz CT molecular complexity index is 480. The first-order valence-electron chi connectivity index (χ1n) is 4.56. The Balaban J connectivity index is 2.04. The van der Waals surface area contributed by atoms with Gasteiger partial charge in [-0.1, -0.05) is 11.6 Å². The molecule has 84 valence electrons. The SMILES string of the molecule is Fc1cc(Cl)cc(NCc2csc(Br)c2)c1. The monoisotopic (exact) mass is 319 g/mol. The second-order valence-electron chi connectivity index (χ2n) is 3.27. The van der Waals surface area contributed by atoms with Crippen LogP contribution < -0.4 is 5.32 Å². The molecule has 0 saturated carbocycles. The maximum absolute atomic E-state index is 13.0. The summed E-state index contributed by atoms with van der Waals surface area (Å²) in [4.78, 5) is 0. The van der Waals surface area contributed by atoms with Crippen molar-refractivity contribution >= 4 is 44.6 Å². The molecule has 0 atom stereocenters. The number of thiophene rings is 1. The minimum Gasteiger partial charge on any atom is -0.381 e. The fourth-order valence-corrected chi connectivity index (χ4v) is 2.73. The number of nitrogens with one attached hydrogen (secondary N) is 1. The summed E-state index contributed by atoms with van der Waals surface area (Å²) in [6, 6.07) is 6.44. The average molecular weight is 321 g/mol. The zero-order valence-electron chi connectivity index (χ0n) is 8.14. The van der Waals surface area contributed by atoms with Gasteiger partial charge in [-0.05, 0) is 51.1 Å². The Hall–Kier alpha value is -0.580. The van der Waals surface area contributed by atoms with E-state index in [4.69, 9.17) is 11.6 Å². The Morgan fingerprint density at radius 1 is 1.31 bits per heavy atom. The molecule has 1 N–H and O–H groups in total. The number of halogens is 3. The van der Waals surface area contributed by atoms with Crippen molar-refractivity contribution < 1.29 is 4.39 Å². The van der Waals surface area contributed by atoms with E-state index in [2.05, 4.69) is 21.2 Å². The largest absolute Gasteiger partial charge is 0.381 e. The van der Waals surface area contributed by atoms with Gasteiger partial charge in [0.05, 0.1) is 3.79 Å². The molecule has 0 fully saturated rings. The van der Waals surface area contributed by atoms with Gasteiger partial charge in [-0.2, -0.15) is 0 Å². The minimum atomic E-state index is -0.332. The average Bonchev–Trinajstić information content (AvgIpc) is 2.60. The molecule has 0 aliphatic carbocycles. The fraction of sp³-hybridized carbons (Fsp3) is 0.0909. The molecule has 2 aromatic rings. The zero-order valence-corrected chi connectivity index (χ0v) is 11.3. The van der Waals surface area contributed by atoms with Gasteiger partial charge >= 0.3 is 0 Å². The predicted molar refractivity (Wildman–Crippen MR) is 70.8 cm³/mol. The van der Waals surface area contributed by atoms with Gasteiger partial charge in [0.2, 0.25) is 0 Å². The lowest BCUT2D eigenvalue weighted by Gasteiger charge is -2.05. The van der Waals surface area contributed by atoms with E-state index >= 15 is 0 Å². The summed E-state index contributed by atoms with van der Waals surface area (Å²) in [7, 11) is 0. The Kier molecular flexibility index (Phi) is 3.84. The van der Waals surface area contributed by atoms with Gasteiger partial charge in [-0.3, -0.25) is 0 Å². The lowest BCUT2D eigenvalue weighted by Crippen LogP contribution is -1.98. The van der Waals surface area contributed by atoms with E-state index in [-0.39, 0.29) is 5.82 Å².